The van der Waals surface area contributed by atoms with Crippen LogP contribution in [0.2, 0.25) is 0 Å². The summed E-state index contributed by atoms with van der Waals surface area (Å²) in [5, 5.41) is 3.95. The summed E-state index contributed by atoms with van der Waals surface area (Å²) in [6.45, 7) is 4.76. The van der Waals surface area contributed by atoms with Crippen molar-refractivity contribution in [1.29, 1.82) is 0 Å². The highest BCUT2D eigenvalue weighted by atomic mass is 15.1. The van der Waals surface area contributed by atoms with Gasteiger partial charge in [-0.1, -0.05) is 19.8 Å². The van der Waals surface area contributed by atoms with Gasteiger partial charge in [0.15, 0.2) is 0 Å². The Balaban J connectivity index is 1.45. The molecule has 0 amide bonds. The van der Waals surface area contributed by atoms with Gasteiger partial charge in [0.2, 0.25) is 0 Å². The van der Waals surface area contributed by atoms with E-state index in [1.165, 1.54) is 63.7 Å². The van der Waals surface area contributed by atoms with Crippen molar-refractivity contribution in [3.8, 4) is 0 Å². The Morgan fingerprint density at radius 1 is 0.952 bits per heavy atom. The largest absolute Gasteiger partial charge is 0.371 e. The summed E-state index contributed by atoms with van der Waals surface area (Å²) in [6.07, 6.45) is 13.4. The molecule has 3 heteroatoms. The molecule has 1 aromatic rings. The fraction of sp³-hybridized carbons (Fsp3) is 0.722. The fourth-order valence-electron chi connectivity index (χ4n) is 3.85. The van der Waals surface area contributed by atoms with Crippen LogP contribution in [0.4, 0.5) is 5.69 Å². The van der Waals surface area contributed by atoms with Crippen LogP contribution in [0.25, 0.3) is 0 Å². The minimum absolute atomic E-state index is 0.724. The van der Waals surface area contributed by atoms with Crippen LogP contribution in [-0.4, -0.2) is 30.2 Å². The first-order valence-electron chi connectivity index (χ1n) is 8.72. The Morgan fingerprint density at radius 2 is 1.67 bits per heavy atom. The van der Waals surface area contributed by atoms with Gasteiger partial charge in [-0.2, -0.15) is 0 Å². The lowest BCUT2D eigenvalue weighted by Crippen LogP contribution is -2.46. The van der Waals surface area contributed by atoms with Crippen molar-refractivity contribution in [3.63, 3.8) is 0 Å². The molecule has 1 saturated carbocycles. The first-order chi connectivity index (χ1) is 10.3. The zero-order chi connectivity index (χ0) is 14.5. The zero-order valence-corrected chi connectivity index (χ0v) is 13.3. The molecule has 2 atom stereocenters. The van der Waals surface area contributed by atoms with Crippen molar-refractivity contribution in [3.05, 3.63) is 24.5 Å². The molecule has 1 N–H and O–H groups in total. The standard InChI is InChI=1S/C18H29N3/c1-15-3-2-4-16(6-5-15)20-17-9-13-21(14-10-17)18-7-11-19-12-8-18/h7-8,11-12,15-17,20H,2-6,9-10,13-14H2,1H3. The molecule has 2 heterocycles. The van der Waals surface area contributed by atoms with Crippen LogP contribution in [0.15, 0.2) is 24.5 Å². The average molecular weight is 287 g/mol. The summed E-state index contributed by atoms with van der Waals surface area (Å²) < 4.78 is 0. The minimum atomic E-state index is 0.724. The van der Waals surface area contributed by atoms with Crippen LogP contribution in [0.3, 0.4) is 0 Å². The van der Waals surface area contributed by atoms with Gasteiger partial charge in [-0.25, -0.2) is 0 Å². The Morgan fingerprint density at radius 3 is 2.43 bits per heavy atom. The smallest absolute Gasteiger partial charge is 0.0397 e. The minimum Gasteiger partial charge on any atom is -0.371 e. The number of hydrogen-bond acceptors (Lipinski definition) is 3. The highest BCUT2D eigenvalue weighted by molar-refractivity contribution is 5.44. The lowest BCUT2D eigenvalue weighted by Gasteiger charge is -2.35. The molecule has 1 aliphatic heterocycles. The number of piperidine rings is 1. The Labute approximate surface area is 129 Å². The van der Waals surface area contributed by atoms with Crippen LogP contribution in [-0.2, 0) is 0 Å². The van der Waals surface area contributed by atoms with Crippen molar-refractivity contribution >= 4 is 5.69 Å². The predicted octanol–water partition coefficient (Wildman–Crippen LogP) is 3.61. The van der Waals surface area contributed by atoms with E-state index in [0.717, 1.165) is 18.0 Å². The van der Waals surface area contributed by atoms with Crippen LogP contribution in [0, 0.1) is 5.92 Å². The van der Waals surface area contributed by atoms with E-state index in [9.17, 15) is 0 Å². The fourth-order valence-corrected chi connectivity index (χ4v) is 3.85. The number of anilines is 1. The Kier molecular flexibility index (Phi) is 5.13. The molecule has 2 fully saturated rings. The maximum atomic E-state index is 4.11. The molecule has 0 spiro atoms. The Bertz CT molecular complexity index is 412. The highest BCUT2D eigenvalue weighted by Gasteiger charge is 2.23. The molecule has 2 unspecified atom stereocenters. The van der Waals surface area contributed by atoms with E-state index in [1.807, 2.05) is 12.4 Å². The summed E-state index contributed by atoms with van der Waals surface area (Å²) in [4.78, 5) is 6.60. The van der Waals surface area contributed by atoms with Crippen LogP contribution < -0.4 is 10.2 Å². The molecule has 1 saturated heterocycles. The SMILES string of the molecule is CC1CCCC(NC2CCN(c3ccncc3)CC2)CC1. The first-order valence-corrected chi connectivity index (χ1v) is 8.72. The third-order valence-corrected chi connectivity index (χ3v) is 5.25. The first kappa shape index (κ1) is 14.8. The van der Waals surface area contributed by atoms with Crippen LogP contribution in [0.1, 0.15) is 51.9 Å². The molecule has 3 rings (SSSR count). The number of nitrogens with one attached hydrogen (secondary N) is 1. The quantitative estimate of drug-likeness (QED) is 0.861. The molecule has 1 aromatic heterocycles. The van der Waals surface area contributed by atoms with Crippen molar-refractivity contribution in [1.82, 2.24) is 10.3 Å². The molecule has 116 valence electrons. The molecular formula is C18H29N3. The van der Waals surface area contributed by atoms with E-state index >= 15 is 0 Å². The summed E-state index contributed by atoms with van der Waals surface area (Å²) in [5.74, 6) is 0.935. The van der Waals surface area contributed by atoms with Crippen LogP contribution in [0.5, 0.6) is 0 Å². The van der Waals surface area contributed by atoms with Gasteiger partial charge in [0.1, 0.15) is 0 Å². The highest BCUT2D eigenvalue weighted by Crippen LogP contribution is 2.24. The lowest BCUT2D eigenvalue weighted by molar-refractivity contribution is 0.343. The maximum Gasteiger partial charge on any atom is 0.0397 e. The maximum absolute atomic E-state index is 4.11. The molecular weight excluding hydrogens is 258 g/mol. The van der Waals surface area contributed by atoms with Gasteiger partial charge in [0.25, 0.3) is 0 Å². The van der Waals surface area contributed by atoms with Gasteiger partial charge in [-0.3, -0.25) is 4.98 Å². The van der Waals surface area contributed by atoms with E-state index in [0.29, 0.717) is 0 Å². The molecule has 0 radical (unpaired) electrons. The van der Waals surface area contributed by atoms with Crippen molar-refractivity contribution in [2.24, 2.45) is 5.92 Å². The van der Waals surface area contributed by atoms with E-state index in [-0.39, 0.29) is 0 Å². The molecule has 2 aliphatic rings. The van der Waals surface area contributed by atoms with Gasteiger partial charge in [0.05, 0.1) is 0 Å². The van der Waals surface area contributed by atoms with Crippen LogP contribution >= 0.6 is 0 Å². The summed E-state index contributed by atoms with van der Waals surface area (Å²) in [6, 6.07) is 5.75. The van der Waals surface area contributed by atoms with Gasteiger partial charge < -0.3 is 10.2 Å². The Hall–Kier alpha value is -1.09. The predicted molar refractivity (Wildman–Crippen MR) is 88.6 cm³/mol. The van der Waals surface area contributed by atoms with Gasteiger partial charge >= 0.3 is 0 Å². The van der Waals surface area contributed by atoms with E-state index in [4.69, 9.17) is 0 Å². The second-order valence-corrected chi connectivity index (χ2v) is 6.94. The monoisotopic (exact) mass is 287 g/mol. The van der Waals surface area contributed by atoms with Gasteiger partial charge in [-0.05, 0) is 50.2 Å². The van der Waals surface area contributed by atoms with Gasteiger partial charge in [0, 0.05) is 43.3 Å². The molecule has 3 nitrogen and oxygen atoms in total. The summed E-state index contributed by atoms with van der Waals surface area (Å²) in [7, 11) is 0. The third-order valence-electron chi connectivity index (χ3n) is 5.25. The number of rotatable bonds is 3. The second-order valence-electron chi connectivity index (χ2n) is 6.94. The van der Waals surface area contributed by atoms with Crippen molar-refractivity contribution in [2.45, 2.75) is 64.0 Å². The number of hydrogen-bond donors (Lipinski definition) is 1. The van der Waals surface area contributed by atoms with E-state index in [1.54, 1.807) is 0 Å². The zero-order valence-electron chi connectivity index (χ0n) is 13.3. The second kappa shape index (κ2) is 7.26. The normalized spacial score (nSPS) is 28.3. The van der Waals surface area contributed by atoms with Crippen molar-refractivity contribution < 1.29 is 0 Å². The molecule has 21 heavy (non-hydrogen) atoms. The number of nitrogens with zero attached hydrogens (tertiary/aromatic N) is 2. The van der Waals surface area contributed by atoms with E-state index < -0.39 is 0 Å². The number of aromatic nitrogens is 1. The van der Waals surface area contributed by atoms with Crippen molar-refractivity contribution in [2.75, 3.05) is 18.0 Å². The average Bonchev–Trinajstić information content (AvgIpc) is 2.74. The lowest BCUT2D eigenvalue weighted by atomic mass is 10.0. The van der Waals surface area contributed by atoms with Gasteiger partial charge in [-0.15, -0.1) is 0 Å². The third kappa shape index (κ3) is 4.19. The van der Waals surface area contributed by atoms with E-state index in [2.05, 4.69) is 34.3 Å². The summed E-state index contributed by atoms with van der Waals surface area (Å²) >= 11 is 0. The topological polar surface area (TPSA) is 28.2 Å². The molecule has 0 bridgehead atoms. The molecule has 0 aromatic carbocycles. The summed E-state index contributed by atoms with van der Waals surface area (Å²) in [5.41, 5.74) is 1.33. The molecule has 1 aliphatic carbocycles. The number of pyridine rings is 1.